The molecule has 2 aromatic rings. The Labute approximate surface area is 113 Å². The topological polar surface area (TPSA) is 51.0 Å². The summed E-state index contributed by atoms with van der Waals surface area (Å²) in [6, 6.07) is 4.74. The van der Waals surface area contributed by atoms with E-state index in [1.165, 1.54) is 12.1 Å². The molecule has 4 nitrogen and oxygen atoms in total. The number of terminal acetylenes is 1. The first-order valence-electron chi connectivity index (χ1n) is 5.65. The zero-order valence-corrected chi connectivity index (χ0v) is 10.2. The van der Waals surface area contributed by atoms with Gasteiger partial charge in [-0.3, -0.25) is 5.32 Å². The molecule has 0 fully saturated rings. The summed E-state index contributed by atoms with van der Waals surface area (Å²) < 4.78 is 42.7. The van der Waals surface area contributed by atoms with Crippen molar-refractivity contribution in [1.82, 2.24) is 15.5 Å². The van der Waals surface area contributed by atoms with E-state index >= 15 is 0 Å². The van der Waals surface area contributed by atoms with Crippen LogP contribution in [0.5, 0.6) is 0 Å². The van der Waals surface area contributed by atoms with Crippen molar-refractivity contribution in [3.8, 4) is 23.7 Å². The summed E-state index contributed by atoms with van der Waals surface area (Å²) in [5.41, 5.74) is -0.515. The number of aromatic nitrogens is 2. The largest absolute Gasteiger partial charge is 0.416 e. The molecule has 0 radical (unpaired) electrons. The van der Waals surface area contributed by atoms with E-state index in [2.05, 4.69) is 21.4 Å². The molecule has 0 aliphatic heterocycles. The second-order valence-corrected chi connectivity index (χ2v) is 3.90. The summed E-state index contributed by atoms with van der Waals surface area (Å²) in [4.78, 5) is 4.00. The minimum atomic E-state index is -4.41. The fraction of sp³-hybridized carbons (Fsp3) is 0.231. The normalized spacial score (nSPS) is 11.3. The van der Waals surface area contributed by atoms with E-state index in [0.717, 1.165) is 12.1 Å². The SMILES string of the molecule is C#CCNCc1nc(-c2cccc(C(F)(F)F)c2)no1. The number of hydrogen-bond acceptors (Lipinski definition) is 4. The molecule has 0 spiro atoms. The summed E-state index contributed by atoms with van der Waals surface area (Å²) in [7, 11) is 0. The van der Waals surface area contributed by atoms with Gasteiger partial charge >= 0.3 is 6.18 Å². The third-order valence-electron chi connectivity index (χ3n) is 2.42. The Morgan fingerprint density at radius 1 is 1.35 bits per heavy atom. The number of halogens is 3. The molecule has 0 saturated carbocycles. The van der Waals surface area contributed by atoms with Crippen LogP contribution in [0.4, 0.5) is 13.2 Å². The lowest BCUT2D eigenvalue weighted by Crippen LogP contribution is -2.13. The fourth-order valence-electron chi connectivity index (χ4n) is 1.52. The number of benzene rings is 1. The highest BCUT2D eigenvalue weighted by atomic mass is 19.4. The van der Waals surface area contributed by atoms with E-state index in [1.54, 1.807) is 0 Å². The Morgan fingerprint density at radius 3 is 2.85 bits per heavy atom. The standard InChI is InChI=1S/C13H10F3N3O/c1-2-6-17-8-11-18-12(19-20-11)9-4-3-5-10(7-9)13(14,15)16/h1,3-5,7,17H,6,8H2. The Bertz CT molecular complexity index is 628. The van der Waals surface area contributed by atoms with Gasteiger partial charge in [0.2, 0.25) is 11.7 Å². The van der Waals surface area contributed by atoms with Crippen molar-refractivity contribution in [3.63, 3.8) is 0 Å². The number of alkyl halides is 3. The van der Waals surface area contributed by atoms with Gasteiger partial charge in [0.1, 0.15) is 0 Å². The maximum absolute atomic E-state index is 12.6. The highest BCUT2D eigenvalue weighted by Crippen LogP contribution is 2.31. The van der Waals surface area contributed by atoms with E-state index in [-0.39, 0.29) is 23.8 Å². The zero-order valence-electron chi connectivity index (χ0n) is 10.2. The second-order valence-electron chi connectivity index (χ2n) is 3.90. The van der Waals surface area contributed by atoms with Gasteiger partial charge in [-0.05, 0) is 12.1 Å². The molecule has 104 valence electrons. The van der Waals surface area contributed by atoms with Crippen molar-refractivity contribution in [2.24, 2.45) is 0 Å². The van der Waals surface area contributed by atoms with Gasteiger partial charge in [-0.25, -0.2) is 0 Å². The third kappa shape index (κ3) is 3.36. The number of hydrogen-bond donors (Lipinski definition) is 1. The molecule has 0 amide bonds. The van der Waals surface area contributed by atoms with Crippen LogP contribution in [-0.4, -0.2) is 16.7 Å². The van der Waals surface area contributed by atoms with Crippen LogP contribution in [0.15, 0.2) is 28.8 Å². The van der Waals surface area contributed by atoms with Gasteiger partial charge < -0.3 is 4.52 Å². The lowest BCUT2D eigenvalue weighted by molar-refractivity contribution is -0.137. The molecular weight excluding hydrogens is 271 g/mol. The summed E-state index contributed by atoms with van der Waals surface area (Å²) in [5, 5.41) is 6.48. The van der Waals surface area contributed by atoms with Crippen molar-refractivity contribution in [3.05, 3.63) is 35.7 Å². The van der Waals surface area contributed by atoms with E-state index in [9.17, 15) is 13.2 Å². The molecule has 0 aliphatic rings. The smallest absolute Gasteiger partial charge is 0.338 e. The van der Waals surface area contributed by atoms with E-state index < -0.39 is 11.7 Å². The quantitative estimate of drug-likeness (QED) is 0.691. The number of rotatable bonds is 4. The average Bonchev–Trinajstić information content (AvgIpc) is 2.87. The van der Waals surface area contributed by atoms with Gasteiger partial charge in [0.15, 0.2) is 0 Å². The van der Waals surface area contributed by atoms with Crippen LogP contribution < -0.4 is 5.32 Å². The van der Waals surface area contributed by atoms with E-state index in [1.807, 2.05) is 0 Å². The minimum absolute atomic E-state index is 0.105. The van der Waals surface area contributed by atoms with Crippen LogP contribution in [0.25, 0.3) is 11.4 Å². The minimum Gasteiger partial charge on any atom is -0.338 e. The van der Waals surface area contributed by atoms with Crippen molar-refractivity contribution in [2.45, 2.75) is 12.7 Å². The van der Waals surface area contributed by atoms with Crippen LogP contribution in [0.3, 0.4) is 0 Å². The number of nitrogens with one attached hydrogen (secondary N) is 1. The van der Waals surface area contributed by atoms with Crippen LogP contribution in [0.2, 0.25) is 0 Å². The van der Waals surface area contributed by atoms with Gasteiger partial charge in [-0.2, -0.15) is 18.2 Å². The van der Waals surface area contributed by atoms with Gasteiger partial charge in [-0.1, -0.05) is 23.2 Å². The Kier molecular flexibility index (Phi) is 4.05. The summed E-state index contributed by atoms with van der Waals surface area (Å²) in [6.07, 6.45) is 0.655. The van der Waals surface area contributed by atoms with Crippen LogP contribution in [0.1, 0.15) is 11.5 Å². The first-order chi connectivity index (χ1) is 9.50. The Morgan fingerprint density at radius 2 is 2.15 bits per heavy atom. The Hall–Kier alpha value is -2.33. The van der Waals surface area contributed by atoms with Crippen LogP contribution in [0, 0.1) is 12.3 Å². The molecule has 20 heavy (non-hydrogen) atoms. The predicted molar refractivity (Wildman–Crippen MR) is 65.3 cm³/mol. The molecule has 0 atom stereocenters. The van der Waals surface area contributed by atoms with E-state index in [0.29, 0.717) is 6.54 Å². The van der Waals surface area contributed by atoms with Crippen molar-refractivity contribution in [2.75, 3.05) is 6.54 Å². The predicted octanol–water partition coefficient (Wildman–Crippen LogP) is 2.48. The zero-order chi connectivity index (χ0) is 14.6. The van der Waals surface area contributed by atoms with Gasteiger partial charge in [0, 0.05) is 5.56 Å². The van der Waals surface area contributed by atoms with Crippen molar-refractivity contribution >= 4 is 0 Å². The molecule has 2 rings (SSSR count). The summed E-state index contributed by atoms with van der Waals surface area (Å²) >= 11 is 0. The second kappa shape index (κ2) is 5.75. The maximum atomic E-state index is 12.6. The summed E-state index contributed by atoms with van der Waals surface area (Å²) in [6.45, 7) is 0.595. The first-order valence-corrected chi connectivity index (χ1v) is 5.65. The maximum Gasteiger partial charge on any atom is 0.416 e. The highest BCUT2D eigenvalue weighted by molar-refractivity contribution is 5.55. The molecule has 1 aromatic carbocycles. The molecule has 1 heterocycles. The molecule has 0 aliphatic carbocycles. The first kappa shape index (κ1) is 14.1. The lowest BCUT2D eigenvalue weighted by Gasteiger charge is -2.06. The van der Waals surface area contributed by atoms with Gasteiger partial charge in [0.25, 0.3) is 0 Å². The Balaban J connectivity index is 2.18. The summed E-state index contributed by atoms with van der Waals surface area (Å²) in [5.74, 6) is 2.74. The van der Waals surface area contributed by atoms with Crippen molar-refractivity contribution in [1.29, 1.82) is 0 Å². The molecule has 0 saturated heterocycles. The molecule has 0 bridgehead atoms. The molecule has 1 aromatic heterocycles. The van der Waals surface area contributed by atoms with E-state index in [4.69, 9.17) is 10.9 Å². The van der Waals surface area contributed by atoms with Gasteiger partial charge in [-0.15, -0.1) is 6.42 Å². The average molecular weight is 281 g/mol. The molecule has 0 unspecified atom stereocenters. The fourth-order valence-corrected chi connectivity index (χ4v) is 1.52. The highest BCUT2D eigenvalue weighted by Gasteiger charge is 2.30. The monoisotopic (exact) mass is 281 g/mol. The van der Waals surface area contributed by atoms with Gasteiger partial charge in [0.05, 0.1) is 18.7 Å². The van der Waals surface area contributed by atoms with Crippen molar-refractivity contribution < 1.29 is 17.7 Å². The molecule has 1 N–H and O–H groups in total. The molecule has 7 heteroatoms. The van der Waals surface area contributed by atoms with Crippen LogP contribution in [-0.2, 0) is 12.7 Å². The third-order valence-corrected chi connectivity index (χ3v) is 2.42. The molecular formula is C13H10F3N3O. The van der Waals surface area contributed by atoms with Crippen LogP contribution >= 0.6 is 0 Å². The number of nitrogens with zero attached hydrogens (tertiary/aromatic N) is 2. The lowest BCUT2D eigenvalue weighted by atomic mass is 10.1.